The number of nitrogens with one attached hydrogen (secondary N) is 1. The van der Waals surface area contributed by atoms with Gasteiger partial charge in [-0.1, -0.05) is 6.92 Å². The summed E-state index contributed by atoms with van der Waals surface area (Å²) in [5.41, 5.74) is 6.20. The maximum Gasteiger partial charge on any atom is 0.240 e. The van der Waals surface area contributed by atoms with Crippen molar-refractivity contribution in [2.75, 3.05) is 20.3 Å². The molecule has 1 heterocycles. The van der Waals surface area contributed by atoms with Crippen molar-refractivity contribution in [2.45, 2.75) is 25.9 Å². The number of ether oxygens (including phenoxy) is 1. The Bertz CT molecular complexity index is 351. The van der Waals surface area contributed by atoms with Crippen molar-refractivity contribution >= 4 is 5.91 Å². The van der Waals surface area contributed by atoms with E-state index in [0.717, 1.165) is 12.2 Å². The summed E-state index contributed by atoms with van der Waals surface area (Å²) in [5.74, 6) is -0.330. The van der Waals surface area contributed by atoms with E-state index < -0.39 is 0 Å². The second-order valence-electron chi connectivity index (χ2n) is 3.81. The van der Waals surface area contributed by atoms with Crippen LogP contribution in [0, 0.1) is 0 Å². The maximum absolute atomic E-state index is 11.2. The second-order valence-corrected chi connectivity index (χ2v) is 3.81. The largest absolute Gasteiger partial charge is 0.383 e. The molecule has 1 aromatic heterocycles. The minimum Gasteiger partial charge on any atom is -0.383 e. The second kappa shape index (κ2) is 7.03. The molecule has 0 aliphatic carbocycles. The average molecular weight is 240 g/mol. The molecule has 96 valence electrons. The lowest BCUT2D eigenvalue weighted by Crippen LogP contribution is -2.25. The van der Waals surface area contributed by atoms with E-state index in [9.17, 15) is 4.79 Å². The van der Waals surface area contributed by atoms with Crippen LogP contribution >= 0.6 is 0 Å². The summed E-state index contributed by atoms with van der Waals surface area (Å²) in [7, 11) is 1.66. The molecule has 0 fully saturated rings. The van der Waals surface area contributed by atoms with Crippen LogP contribution in [0.25, 0.3) is 0 Å². The first kappa shape index (κ1) is 13.7. The van der Waals surface area contributed by atoms with Crippen LogP contribution in [0.5, 0.6) is 0 Å². The zero-order valence-corrected chi connectivity index (χ0v) is 10.3. The molecule has 1 unspecified atom stereocenters. The number of carbonyl (C=O) groups excluding carboxylic acids is 1. The number of hydrogen-bond donors (Lipinski definition) is 2. The van der Waals surface area contributed by atoms with E-state index in [2.05, 4.69) is 10.3 Å². The Balaban J connectivity index is 2.49. The lowest BCUT2D eigenvalue weighted by molar-refractivity contribution is -0.121. The number of aromatic nitrogens is 2. The van der Waals surface area contributed by atoms with E-state index in [1.807, 2.05) is 13.1 Å². The molecule has 3 N–H and O–H groups in total. The standard InChI is InChI=1S/C11H20N4O2/c1-3-10(11(12)16)15-7-9(14-8-15)6-13-4-5-17-2/h7-8,10,13H,3-6H2,1-2H3,(H2,12,16). The molecular weight excluding hydrogens is 220 g/mol. The minimum absolute atomic E-state index is 0.310. The van der Waals surface area contributed by atoms with Gasteiger partial charge in [0.25, 0.3) is 0 Å². The zero-order chi connectivity index (χ0) is 12.7. The fourth-order valence-corrected chi connectivity index (χ4v) is 1.59. The predicted molar refractivity (Wildman–Crippen MR) is 64.3 cm³/mol. The van der Waals surface area contributed by atoms with E-state index in [1.54, 1.807) is 18.0 Å². The first-order valence-electron chi connectivity index (χ1n) is 5.70. The topological polar surface area (TPSA) is 82.2 Å². The van der Waals surface area contributed by atoms with Crippen molar-refractivity contribution in [1.82, 2.24) is 14.9 Å². The summed E-state index contributed by atoms with van der Waals surface area (Å²) in [6.45, 7) is 4.02. The molecule has 6 heteroatoms. The first-order valence-corrected chi connectivity index (χ1v) is 5.70. The summed E-state index contributed by atoms with van der Waals surface area (Å²) in [5, 5.41) is 3.19. The number of imidazole rings is 1. The molecule has 0 bridgehead atoms. The van der Waals surface area contributed by atoms with Crippen LogP contribution < -0.4 is 11.1 Å². The highest BCUT2D eigenvalue weighted by Crippen LogP contribution is 2.10. The van der Waals surface area contributed by atoms with Gasteiger partial charge in [-0.3, -0.25) is 4.79 Å². The SMILES string of the molecule is CCC(C(N)=O)n1cnc(CNCCOC)c1. The lowest BCUT2D eigenvalue weighted by Gasteiger charge is -2.11. The monoisotopic (exact) mass is 240 g/mol. The minimum atomic E-state index is -0.330. The number of methoxy groups -OCH3 is 1. The molecular formula is C11H20N4O2. The van der Waals surface area contributed by atoms with Crippen LogP contribution in [-0.2, 0) is 16.1 Å². The molecule has 1 amide bonds. The number of primary amides is 1. The van der Waals surface area contributed by atoms with Crippen LogP contribution in [0.3, 0.4) is 0 Å². The van der Waals surface area contributed by atoms with Crippen molar-refractivity contribution in [2.24, 2.45) is 5.73 Å². The van der Waals surface area contributed by atoms with E-state index in [4.69, 9.17) is 10.5 Å². The smallest absolute Gasteiger partial charge is 0.240 e. The predicted octanol–water partition coefficient (Wildman–Crippen LogP) is 0.0555. The fraction of sp³-hybridized carbons (Fsp3) is 0.636. The van der Waals surface area contributed by atoms with Gasteiger partial charge in [-0.25, -0.2) is 4.98 Å². The van der Waals surface area contributed by atoms with E-state index in [1.165, 1.54) is 0 Å². The van der Waals surface area contributed by atoms with Gasteiger partial charge in [0.1, 0.15) is 6.04 Å². The third-order valence-corrected chi connectivity index (χ3v) is 2.52. The molecule has 0 saturated heterocycles. The number of carbonyl (C=O) groups is 1. The molecule has 0 aliphatic rings. The van der Waals surface area contributed by atoms with E-state index in [-0.39, 0.29) is 11.9 Å². The normalized spacial score (nSPS) is 12.6. The molecule has 1 aromatic rings. The summed E-state index contributed by atoms with van der Waals surface area (Å²) >= 11 is 0. The molecule has 0 aliphatic heterocycles. The van der Waals surface area contributed by atoms with E-state index in [0.29, 0.717) is 19.6 Å². The van der Waals surface area contributed by atoms with Crippen LogP contribution in [0.2, 0.25) is 0 Å². The van der Waals surface area contributed by atoms with Gasteiger partial charge in [0.2, 0.25) is 5.91 Å². The molecule has 0 radical (unpaired) electrons. The van der Waals surface area contributed by atoms with Gasteiger partial charge in [0.15, 0.2) is 0 Å². The Morgan fingerprint density at radius 3 is 3.06 bits per heavy atom. The van der Waals surface area contributed by atoms with E-state index >= 15 is 0 Å². The van der Waals surface area contributed by atoms with Crippen LogP contribution in [0.1, 0.15) is 25.1 Å². The fourth-order valence-electron chi connectivity index (χ4n) is 1.59. The summed E-state index contributed by atoms with van der Waals surface area (Å²) in [6, 6.07) is -0.310. The van der Waals surface area contributed by atoms with Gasteiger partial charge in [0.05, 0.1) is 18.6 Å². The van der Waals surface area contributed by atoms with Crippen LogP contribution in [0.15, 0.2) is 12.5 Å². The van der Waals surface area contributed by atoms with Crippen molar-refractivity contribution < 1.29 is 9.53 Å². The Labute approximate surface area is 101 Å². The Hall–Kier alpha value is -1.40. The summed E-state index contributed by atoms with van der Waals surface area (Å²) < 4.78 is 6.68. The Kier molecular flexibility index (Phi) is 5.65. The Morgan fingerprint density at radius 2 is 2.47 bits per heavy atom. The van der Waals surface area contributed by atoms with Gasteiger partial charge in [-0.05, 0) is 6.42 Å². The Morgan fingerprint density at radius 1 is 1.71 bits per heavy atom. The third kappa shape index (κ3) is 4.16. The van der Waals surface area contributed by atoms with Crippen molar-refractivity contribution in [3.05, 3.63) is 18.2 Å². The molecule has 0 saturated carbocycles. The first-order chi connectivity index (χ1) is 8.19. The summed E-state index contributed by atoms with van der Waals surface area (Å²) in [4.78, 5) is 15.4. The molecule has 0 aromatic carbocycles. The third-order valence-electron chi connectivity index (χ3n) is 2.52. The number of nitrogens with two attached hydrogens (primary N) is 1. The molecule has 1 atom stereocenters. The number of amides is 1. The van der Waals surface area contributed by atoms with Gasteiger partial charge in [-0.2, -0.15) is 0 Å². The van der Waals surface area contributed by atoms with Gasteiger partial charge in [-0.15, -0.1) is 0 Å². The zero-order valence-electron chi connectivity index (χ0n) is 10.3. The van der Waals surface area contributed by atoms with Crippen molar-refractivity contribution in [3.63, 3.8) is 0 Å². The lowest BCUT2D eigenvalue weighted by atomic mass is 10.2. The number of nitrogens with zero attached hydrogens (tertiary/aromatic N) is 2. The van der Waals surface area contributed by atoms with Crippen LogP contribution in [-0.4, -0.2) is 35.7 Å². The molecule has 1 rings (SSSR count). The number of rotatable bonds is 8. The average Bonchev–Trinajstić information content (AvgIpc) is 2.74. The highest BCUT2D eigenvalue weighted by molar-refractivity contribution is 5.78. The summed E-state index contributed by atoms with van der Waals surface area (Å²) in [6.07, 6.45) is 4.16. The number of hydrogen-bond acceptors (Lipinski definition) is 4. The maximum atomic E-state index is 11.2. The van der Waals surface area contributed by atoms with Gasteiger partial charge >= 0.3 is 0 Å². The molecule has 0 spiro atoms. The highest BCUT2D eigenvalue weighted by atomic mass is 16.5. The van der Waals surface area contributed by atoms with Gasteiger partial charge in [0, 0.05) is 26.4 Å². The molecule has 17 heavy (non-hydrogen) atoms. The van der Waals surface area contributed by atoms with Crippen molar-refractivity contribution in [1.29, 1.82) is 0 Å². The van der Waals surface area contributed by atoms with Crippen molar-refractivity contribution in [3.8, 4) is 0 Å². The molecule has 6 nitrogen and oxygen atoms in total. The van der Waals surface area contributed by atoms with Crippen LogP contribution in [0.4, 0.5) is 0 Å². The highest BCUT2D eigenvalue weighted by Gasteiger charge is 2.14. The quantitative estimate of drug-likeness (QED) is 0.629. The van der Waals surface area contributed by atoms with Gasteiger partial charge < -0.3 is 20.4 Å².